The quantitative estimate of drug-likeness (QED) is 0.730. The van der Waals surface area contributed by atoms with Crippen LogP contribution in [0.2, 0.25) is 0 Å². The van der Waals surface area contributed by atoms with E-state index < -0.39 is 0 Å². The number of aryl methyl sites for hydroxylation is 1. The van der Waals surface area contributed by atoms with E-state index in [0.29, 0.717) is 6.04 Å². The van der Waals surface area contributed by atoms with Crippen LogP contribution in [-0.2, 0) is 0 Å². The van der Waals surface area contributed by atoms with Gasteiger partial charge in [0.2, 0.25) is 0 Å². The van der Waals surface area contributed by atoms with Crippen LogP contribution >= 0.6 is 0 Å². The number of rotatable bonds is 2. The lowest BCUT2D eigenvalue weighted by molar-refractivity contribution is 0.0951. The van der Waals surface area contributed by atoms with Crippen LogP contribution in [0.5, 0.6) is 0 Å². The SMILES string of the molecule is Cc1cccc(C(=O)NC2CC2)c1. The molecule has 0 radical (unpaired) electrons. The molecule has 1 saturated carbocycles. The van der Waals surface area contributed by atoms with E-state index in [-0.39, 0.29) is 5.91 Å². The zero-order valence-corrected chi connectivity index (χ0v) is 7.71. The number of amides is 1. The average molecular weight is 175 g/mol. The summed E-state index contributed by atoms with van der Waals surface area (Å²) in [6, 6.07) is 8.11. The summed E-state index contributed by atoms with van der Waals surface area (Å²) in [7, 11) is 0. The molecule has 1 aliphatic carbocycles. The fourth-order valence-electron chi connectivity index (χ4n) is 1.28. The molecular weight excluding hydrogens is 162 g/mol. The van der Waals surface area contributed by atoms with Crippen LogP contribution in [0.3, 0.4) is 0 Å². The van der Waals surface area contributed by atoms with Crippen molar-refractivity contribution in [2.24, 2.45) is 0 Å². The largest absolute Gasteiger partial charge is 0.349 e. The summed E-state index contributed by atoms with van der Waals surface area (Å²) in [6.07, 6.45) is 2.27. The Balaban J connectivity index is 2.09. The Bertz CT molecular complexity index is 329. The summed E-state index contributed by atoms with van der Waals surface area (Å²) < 4.78 is 0. The minimum absolute atomic E-state index is 0.0613. The normalized spacial score (nSPS) is 15.5. The second-order valence-corrected chi connectivity index (χ2v) is 3.62. The van der Waals surface area contributed by atoms with Crippen LogP contribution in [-0.4, -0.2) is 11.9 Å². The second kappa shape index (κ2) is 3.21. The summed E-state index contributed by atoms with van der Waals surface area (Å²) in [5.41, 5.74) is 1.90. The molecule has 2 nitrogen and oxygen atoms in total. The second-order valence-electron chi connectivity index (χ2n) is 3.62. The smallest absolute Gasteiger partial charge is 0.251 e. The number of carbonyl (C=O) groups excluding carboxylic acids is 1. The van der Waals surface area contributed by atoms with Crippen LogP contribution in [0, 0.1) is 6.92 Å². The molecule has 1 aromatic carbocycles. The first-order valence-corrected chi connectivity index (χ1v) is 4.63. The lowest BCUT2D eigenvalue weighted by Gasteiger charge is -2.03. The monoisotopic (exact) mass is 175 g/mol. The molecule has 0 bridgehead atoms. The molecule has 0 atom stereocenters. The highest BCUT2D eigenvalue weighted by Crippen LogP contribution is 2.19. The maximum Gasteiger partial charge on any atom is 0.251 e. The van der Waals surface area contributed by atoms with Crippen molar-refractivity contribution in [2.45, 2.75) is 25.8 Å². The predicted octanol–water partition coefficient (Wildman–Crippen LogP) is 1.89. The average Bonchev–Trinajstić information content (AvgIpc) is 2.88. The fourth-order valence-corrected chi connectivity index (χ4v) is 1.28. The third kappa shape index (κ3) is 2.08. The Morgan fingerprint density at radius 1 is 1.46 bits per heavy atom. The third-order valence-corrected chi connectivity index (χ3v) is 2.19. The summed E-state index contributed by atoms with van der Waals surface area (Å²) in [4.78, 5) is 11.5. The maximum absolute atomic E-state index is 11.5. The van der Waals surface area contributed by atoms with Gasteiger partial charge in [-0.25, -0.2) is 0 Å². The molecule has 1 aromatic rings. The van der Waals surface area contributed by atoms with E-state index in [1.807, 2.05) is 31.2 Å². The minimum Gasteiger partial charge on any atom is -0.349 e. The molecule has 13 heavy (non-hydrogen) atoms. The van der Waals surface area contributed by atoms with Gasteiger partial charge in [-0.1, -0.05) is 17.7 Å². The van der Waals surface area contributed by atoms with Gasteiger partial charge in [0.15, 0.2) is 0 Å². The Morgan fingerprint density at radius 3 is 2.85 bits per heavy atom. The highest BCUT2D eigenvalue weighted by atomic mass is 16.1. The summed E-state index contributed by atoms with van der Waals surface area (Å²) in [6.45, 7) is 1.99. The minimum atomic E-state index is 0.0613. The Hall–Kier alpha value is -1.31. The van der Waals surface area contributed by atoms with Gasteiger partial charge in [0, 0.05) is 11.6 Å². The molecule has 1 aliphatic rings. The van der Waals surface area contributed by atoms with Crippen molar-refractivity contribution in [3.8, 4) is 0 Å². The standard InChI is InChI=1S/C11H13NO/c1-8-3-2-4-9(7-8)11(13)12-10-5-6-10/h2-4,7,10H,5-6H2,1H3,(H,12,13). The fraction of sp³-hybridized carbons (Fsp3) is 0.364. The molecule has 0 aromatic heterocycles. The number of benzene rings is 1. The molecule has 0 spiro atoms. The van der Waals surface area contributed by atoms with Crippen molar-refractivity contribution in [1.82, 2.24) is 5.32 Å². The van der Waals surface area contributed by atoms with E-state index in [4.69, 9.17) is 0 Å². The third-order valence-electron chi connectivity index (χ3n) is 2.19. The number of nitrogens with one attached hydrogen (secondary N) is 1. The van der Waals surface area contributed by atoms with Crippen molar-refractivity contribution >= 4 is 5.91 Å². The van der Waals surface area contributed by atoms with Crippen LogP contribution in [0.4, 0.5) is 0 Å². The van der Waals surface area contributed by atoms with Gasteiger partial charge in [-0.3, -0.25) is 4.79 Å². The molecule has 0 unspecified atom stereocenters. The molecule has 0 aliphatic heterocycles. The van der Waals surface area contributed by atoms with Crippen molar-refractivity contribution in [2.75, 3.05) is 0 Å². The molecule has 68 valence electrons. The van der Waals surface area contributed by atoms with Crippen molar-refractivity contribution in [3.05, 3.63) is 35.4 Å². The first-order valence-electron chi connectivity index (χ1n) is 4.63. The zero-order valence-electron chi connectivity index (χ0n) is 7.71. The predicted molar refractivity (Wildman–Crippen MR) is 51.7 cm³/mol. The summed E-state index contributed by atoms with van der Waals surface area (Å²) in [5, 5.41) is 2.96. The molecule has 1 amide bonds. The Morgan fingerprint density at radius 2 is 2.23 bits per heavy atom. The molecule has 1 fully saturated rings. The first kappa shape index (κ1) is 8.30. The van der Waals surface area contributed by atoms with E-state index in [0.717, 1.165) is 24.0 Å². The highest BCUT2D eigenvalue weighted by Gasteiger charge is 2.23. The number of hydrogen-bond acceptors (Lipinski definition) is 1. The maximum atomic E-state index is 11.5. The van der Waals surface area contributed by atoms with Crippen LogP contribution in [0.15, 0.2) is 24.3 Å². The van der Waals surface area contributed by atoms with Gasteiger partial charge in [0.25, 0.3) is 5.91 Å². The highest BCUT2D eigenvalue weighted by molar-refractivity contribution is 5.94. The van der Waals surface area contributed by atoms with E-state index in [1.165, 1.54) is 0 Å². The lowest BCUT2D eigenvalue weighted by Crippen LogP contribution is -2.25. The summed E-state index contributed by atoms with van der Waals surface area (Å²) in [5.74, 6) is 0.0613. The number of hydrogen-bond donors (Lipinski definition) is 1. The van der Waals surface area contributed by atoms with Crippen LogP contribution in [0.25, 0.3) is 0 Å². The van der Waals surface area contributed by atoms with Crippen molar-refractivity contribution in [3.63, 3.8) is 0 Å². The van der Waals surface area contributed by atoms with E-state index in [9.17, 15) is 4.79 Å². The van der Waals surface area contributed by atoms with Gasteiger partial charge >= 0.3 is 0 Å². The van der Waals surface area contributed by atoms with Crippen molar-refractivity contribution in [1.29, 1.82) is 0 Å². The van der Waals surface area contributed by atoms with E-state index in [1.54, 1.807) is 0 Å². The molecular formula is C11H13NO. The topological polar surface area (TPSA) is 29.1 Å². The van der Waals surface area contributed by atoms with Gasteiger partial charge in [0.1, 0.15) is 0 Å². The first-order chi connectivity index (χ1) is 6.25. The van der Waals surface area contributed by atoms with Gasteiger partial charge < -0.3 is 5.32 Å². The summed E-state index contributed by atoms with van der Waals surface area (Å²) >= 11 is 0. The van der Waals surface area contributed by atoms with Gasteiger partial charge in [-0.15, -0.1) is 0 Å². The molecule has 0 heterocycles. The number of carbonyl (C=O) groups is 1. The van der Waals surface area contributed by atoms with Crippen LogP contribution < -0.4 is 5.32 Å². The van der Waals surface area contributed by atoms with Gasteiger partial charge in [-0.2, -0.15) is 0 Å². The van der Waals surface area contributed by atoms with Gasteiger partial charge in [0.05, 0.1) is 0 Å². The Kier molecular flexibility index (Phi) is 2.05. The van der Waals surface area contributed by atoms with Gasteiger partial charge in [-0.05, 0) is 31.9 Å². The lowest BCUT2D eigenvalue weighted by atomic mass is 10.1. The molecule has 2 rings (SSSR count). The molecule has 0 saturated heterocycles. The van der Waals surface area contributed by atoms with Crippen molar-refractivity contribution < 1.29 is 4.79 Å². The molecule has 2 heteroatoms. The molecule has 1 N–H and O–H groups in total. The van der Waals surface area contributed by atoms with Crippen LogP contribution in [0.1, 0.15) is 28.8 Å². The van der Waals surface area contributed by atoms with E-state index >= 15 is 0 Å². The Labute approximate surface area is 78.0 Å². The zero-order chi connectivity index (χ0) is 9.26. The van der Waals surface area contributed by atoms with E-state index in [2.05, 4.69) is 5.32 Å².